The van der Waals surface area contributed by atoms with Gasteiger partial charge in [0.2, 0.25) is 0 Å². The number of hydrogen-bond acceptors (Lipinski definition) is 4. The van der Waals surface area contributed by atoms with Crippen molar-refractivity contribution in [2.45, 2.75) is 6.54 Å². The van der Waals surface area contributed by atoms with Gasteiger partial charge in [0.05, 0.1) is 9.26 Å². The molecule has 1 aromatic heterocycles. The maximum absolute atomic E-state index is 10.5. The first-order valence-electron chi connectivity index (χ1n) is 4.88. The molecule has 4 nitrogen and oxygen atoms in total. The summed E-state index contributed by atoms with van der Waals surface area (Å²) < 4.78 is 0.755. The summed E-state index contributed by atoms with van der Waals surface area (Å²) in [6, 6.07) is 10.1. The molecule has 17 heavy (non-hydrogen) atoms. The molecule has 6 heteroatoms. The average Bonchev–Trinajstić information content (AvgIpc) is 2.73. The fourth-order valence-corrected chi connectivity index (χ4v) is 2.36. The molecule has 1 heterocycles. The Morgan fingerprint density at radius 1 is 1.24 bits per heavy atom. The van der Waals surface area contributed by atoms with E-state index in [1.807, 2.05) is 12.1 Å². The fraction of sp³-hybridized carbons (Fsp3) is 0.0909. The highest BCUT2D eigenvalue weighted by Crippen LogP contribution is 2.22. The van der Waals surface area contributed by atoms with E-state index < -0.39 is 4.92 Å². The molecule has 0 radical (unpaired) electrons. The van der Waals surface area contributed by atoms with E-state index in [0.29, 0.717) is 6.54 Å². The molecule has 0 aliphatic heterocycles. The van der Waals surface area contributed by atoms with Crippen molar-refractivity contribution in [1.29, 1.82) is 0 Å². The van der Waals surface area contributed by atoms with Crippen LogP contribution in [0.5, 0.6) is 0 Å². The summed E-state index contributed by atoms with van der Waals surface area (Å²) in [5.41, 5.74) is 0.940. The topological polar surface area (TPSA) is 55.2 Å². The number of halogens is 1. The third-order valence-corrected chi connectivity index (χ3v) is 3.40. The van der Waals surface area contributed by atoms with E-state index in [2.05, 4.69) is 5.32 Å². The lowest BCUT2D eigenvalue weighted by molar-refractivity contribution is -0.384. The molecule has 0 bridgehead atoms. The van der Waals surface area contributed by atoms with Gasteiger partial charge in [-0.25, -0.2) is 0 Å². The van der Waals surface area contributed by atoms with E-state index >= 15 is 0 Å². The highest BCUT2D eigenvalue weighted by Gasteiger charge is 2.03. The SMILES string of the molecule is O=[N+]([O-])c1ccc(NCc2ccc(Cl)s2)cc1. The van der Waals surface area contributed by atoms with Gasteiger partial charge in [-0.15, -0.1) is 11.3 Å². The van der Waals surface area contributed by atoms with Crippen molar-refractivity contribution in [1.82, 2.24) is 0 Å². The molecule has 0 aliphatic carbocycles. The van der Waals surface area contributed by atoms with Gasteiger partial charge in [0.25, 0.3) is 5.69 Å². The van der Waals surface area contributed by atoms with Gasteiger partial charge in [0.15, 0.2) is 0 Å². The molecule has 2 rings (SSSR count). The minimum atomic E-state index is -0.414. The standard InChI is InChI=1S/C11H9ClN2O2S/c12-11-6-5-10(17-11)7-13-8-1-3-9(4-2-8)14(15)16/h1-6,13H,7H2. The number of benzene rings is 1. The van der Waals surface area contributed by atoms with Crippen LogP contribution in [0.15, 0.2) is 36.4 Å². The van der Waals surface area contributed by atoms with Gasteiger partial charge in [-0.3, -0.25) is 10.1 Å². The third-order valence-electron chi connectivity index (χ3n) is 2.17. The lowest BCUT2D eigenvalue weighted by Crippen LogP contribution is -1.97. The molecular formula is C11H9ClN2O2S. The quantitative estimate of drug-likeness (QED) is 0.675. The van der Waals surface area contributed by atoms with Gasteiger partial charge in [-0.1, -0.05) is 11.6 Å². The molecule has 88 valence electrons. The molecule has 2 aromatic rings. The van der Waals surface area contributed by atoms with Crippen LogP contribution in [0.2, 0.25) is 4.34 Å². The second-order valence-electron chi connectivity index (χ2n) is 3.36. The second-order valence-corrected chi connectivity index (χ2v) is 5.16. The monoisotopic (exact) mass is 268 g/mol. The van der Waals surface area contributed by atoms with E-state index in [-0.39, 0.29) is 5.69 Å². The van der Waals surface area contributed by atoms with Crippen molar-refractivity contribution in [2.75, 3.05) is 5.32 Å². The van der Waals surface area contributed by atoms with Crippen LogP contribution in [-0.2, 0) is 6.54 Å². The second kappa shape index (κ2) is 5.16. The van der Waals surface area contributed by atoms with Gasteiger partial charge >= 0.3 is 0 Å². The summed E-state index contributed by atoms with van der Waals surface area (Å²) in [7, 11) is 0. The Labute approximate surface area is 107 Å². The number of thiophene rings is 1. The average molecular weight is 269 g/mol. The first-order valence-corrected chi connectivity index (χ1v) is 6.07. The van der Waals surface area contributed by atoms with Gasteiger partial charge in [-0.2, -0.15) is 0 Å². The van der Waals surface area contributed by atoms with Gasteiger partial charge in [-0.05, 0) is 24.3 Å². The van der Waals surface area contributed by atoms with Crippen LogP contribution in [0.25, 0.3) is 0 Å². The lowest BCUT2D eigenvalue weighted by Gasteiger charge is -2.03. The van der Waals surface area contributed by atoms with Gasteiger partial charge in [0, 0.05) is 29.2 Å². The minimum Gasteiger partial charge on any atom is -0.380 e. The number of rotatable bonds is 4. The summed E-state index contributed by atoms with van der Waals surface area (Å²) in [6.07, 6.45) is 0. The van der Waals surface area contributed by atoms with Crippen LogP contribution in [0, 0.1) is 10.1 Å². The Kier molecular flexibility index (Phi) is 3.61. The van der Waals surface area contributed by atoms with Crippen LogP contribution >= 0.6 is 22.9 Å². The van der Waals surface area contributed by atoms with E-state index in [0.717, 1.165) is 14.9 Å². The first kappa shape index (κ1) is 11.9. The molecule has 0 fully saturated rings. The fourth-order valence-electron chi connectivity index (χ4n) is 1.34. The molecule has 0 atom stereocenters. The maximum atomic E-state index is 10.5. The highest BCUT2D eigenvalue weighted by molar-refractivity contribution is 7.16. The van der Waals surface area contributed by atoms with Crippen LogP contribution < -0.4 is 5.32 Å². The largest absolute Gasteiger partial charge is 0.380 e. The lowest BCUT2D eigenvalue weighted by atomic mass is 10.3. The van der Waals surface area contributed by atoms with E-state index in [4.69, 9.17) is 11.6 Å². The molecule has 1 N–H and O–H groups in total. The third kappa shape index (κ3) is 3.18. The Bertz CT molecular complexity index is 525. The Morgan fingerprint density at radius 3 is 2.47 bits per heavy atom. The van der Waals surface area contributed by atoms with Crippen molar-refractivity contribution in [2.24, 2.45) is 0 Å². The number of nitro groups is 1. The van der Waals surface area contributed by atoms with Crippen LogP contribution in [-0.4, -0.2) is 4.92 Å². The predicted molar refractivity (Wildman–Crippen MR) is 69.8 cm³/mol. The Morgan fingerprint density at radius 2 is 1.94 bits per heavy atom. The zero-order valence-corrected chi connectivity index (χ0v) is 10.3. The predicted octanol–water partition coefficient (Wildman–Crippen LogP) is 3.92. The number of nitro benzene ring substituents is 1. The molecular weight excluding hydrogens is 260 g/mol. The first-order chi connectivity index (χ1) is 8.15. The van der Waals surface area contributed by atoms with Gasteiger partial charge in [0.1, 0.15) is 0 Å². The molecule has 1 aromatic carbocycles. The number of nitrogens with zero attached hydrogens (tertiary/aromatic N) is 1. The molecule has 0 saturated carbocycles. The van der Waals surface area contributed by atoms with Crippen LogP contribution in [0.3, 0.4) is 0 Å². The van der Waals surface area contributed by atoms with Crippen LogP contribution in [0.1, 0.15) is 4.88 Å². The van der Waals surface area contributed by atoms with E-state index in [1.54, 1.807) is 12.1 Å². The number of nitrogens with one attached hydrogen (secondary N) is 1. The number of hydrogen-bond donors (Lipinski definition) is 1. The Hall–Kier alpha value is -1.59. The summed E-state index contributed by atoms with van der Waals surface area (Å²) >= 11 is 7.32. The molecule has 0 saturated heterocycles. The van der Waals surface area contributed by atoms with Gasteiger partial charge < -0.3 is 5.32 Å². The number of anilines is 1. The number of non-ortho nitro benzene ring substituents is 1. The highest BCUT2D eigenvalue weighted by atomic mass is 35.5. The maximum Gasteiger partial charge on any atom is 0.269 e. The van der Waals surface area contributed by atoms with Crippen molar-refractivity contribution in [3.05, 3.63) is 55.7 Å². The molecule has 0 amide bonds. The summed E-state index contributed by atoms with van der Waals surface area (Å²) in [6.45, 7) is 0.662. The van der Waals surface area contributed by atoms with Crippen molar-refractivity contribution >= 4 is 34.3 Å². The van der Waals surface area contributed by atoms with E-state index in [9.17, 15) is 10.1 Å². The zero-order chi connectivity index (χ0) is 12.3. The van der Waals surface area contributed by atoms with Crippen molar-refractivity contribution < 1.29 is 4.92 Å². The summed E-state index contributed by atoms with van der Waals surface area (Å²) in [4.78, 5) is 11.2. The van der Waals surface area contributed by atoms with E-state index in [1.165, 1.54) is 23.5 Å². The summed E-state index contributed by atoms with van der Waals surface area (Å²) in [5.74, 6) is 0. The normalized spacial score (nSPS) is 10.2. The minimum absolute atomic E-state index is 0.0923. The zero-order valence-electron chi connectivity index (χ0n) is 8.72. The molecule has 0 aliphatic rings. The van der Waals surface area contributed by atoms with Crippen molar-refractivity contribution in [3.63, 3.8) is 0 Å². The van der Waals surface area contributed by atoms with Crippen LogP contribution in [0.4, 0.5) is 11.4 Å². The smallest absolute Gasteiger partial charge is 0.269 e. The molecule has 0 spiro atoms. The van der Waals surface area contributed by atoms with Crippen molar-refractivity contribution in [3.8, 4) is 0 Å². The Balaban J connectivity index is 1.97. The summed E-state index contributed by atoms with van der Waals surface area (Å²) in [5, 5.41) is 13.6. The molecule has 0 unspecified atom stereocenters.